The second kappa shape index (κ2) is 8.53. The summed E-state index contributed by atoms with van der Waals surface area (Å²) in [7, 11) is 1.62. The minimum atomic E-state index is 0.00823. The number of para-hydroxylation sites is 1. The van der Waals surface area contributed by atoms with Crippen LogP contribution in [0.3, 0.4) is 0 Å². The van der Waals surface area contributed by atoms with Gasteiger partial charge in [-0.15, -0.1) is 0 Å². The number of rotatable bonds is 6. The number of carbonyl (C=O) groups excluding carboxylic acids is 2. The molecule has 0 atom stereocenters. The summed E-state index contributed by atoms with van der Waals surface area (Å²) in [6.45, 7) is 4.05. The summed E-state index contributed by atoms with van der Waals surface area (Å²) in [5, 5.41) is 5.87. The molecule has 1 fully saturated rings. The highest BCUT2D eigenvalue weighted by atomic mass is 16.5. The molecular formula is C17H25N3O3. The summed E-state index contributed by atoms with van der Waals surface area (Å²) < 4.78 is 5.27. The first-order chi connectivity index (χ1) is 11.1. The van der Waals surface area contributed by atoms with Crippen molar-refractivity contribution in [3.63, 3.8) is 0 Å². The van der Waals surface area contributed by atoms with Gasteiger partial charge in [0.25, 0.3) is 0 Å². The minimum Gasteiger partial charge on any atom is -0.496 e. The van der Waals surface area contributed by atoms with E-state index < -0.39 is 0 Å². The number of piperidine rings is 1. The van der Waals surface area contributed by atoms with Gasteiger partial charge in [0.1, 0.15) is 5.75 Å². The minimum absolute atomic E-state index is 0.00823. The monoisotopic (exact) mass is 319 g/mol. The number of likely N-dealkylation sites (tertiary alicyclic amines) is 1. The lowest BCUT2D eigenvalue weighted by Gasteiger charge is -2.31. The molecule has 0 spiro atoms. The van der Waals surface area contributed by atoms with Crippen molar-refractivity contribution in [3.05, 3.63) is 29.8 Å². The molecule has 1 aromatic carbocycles. The maximum absolute atomic E-state index is 12.1. The molecule has 2 N–H and O–H groups in total. The molecule has 1 heterocycles. The smallest absolute Gasteiger partial charge is 0.234 e. The zero-order valence-electron chi connectivity index (χ0n) is 13.8. The van der Waals surface area contributed by atoms with Crippen molar-refractivity contribution < 1.29 is 14.3 Å². The molecule has 1 aromatic rings. The van der Waals surface area contributed by atoms with Crippen molar-refractivity contribution in [2.24, 2.45) is 0 Å². The Bertz CT molecular complexity index is 540. The highest BCUT2D eigenvalue weighted by Crippen LogP contribution is 2.16. The SMILES string of the molecule is COc1ccccc1CNC(=O)CN1CCC(NC(C)=O)CC1. The number of hydrogen-bond donors (Lipinski definition) is 2. The Morgan fingerprint density at radius 3 is 2.61 bits per heavy atom. The third kappa shape index (κ3) is 5.56. The third-order valence-electron chi connectivity index (χ3n) is 4.03. The van der Waals surface area contributed by atoms with E-state index >= 15 is 0 Å². The van der Waals surface area contributed by atoms with Gasteiger partial charge in [0.2, 0.25) is 11.8 Å². The Balaban J connectivity index is 1.72. The van der Waals surface area contributed by atoms with Crippen LogP contribution in [0.2, 0.25) is 0 Å². The standard InChI is InChI=1S/C17H25N3O3/c1-13(21)19-15-7-9-20(10-8-15)12-17(22)18-11-14-5-3-4-6-16(14)23-2/h3-6,15H,7-12H2,1-2H3,(H,18,22)(H,19,21). The van der Waals surface area contributed by atoms with Crippen molar-refractivity contribution in [2.45, 2.75) is 32.4 Å². The van der Waals surface area contributed by atoms with Crippen molar-refractivity contribution in [1.82, 2.24) is 15.5 Å². The molecule has 0 radical (unpaired) electrons. The largest absolute Gasteiger partial charge is 0.496 e. The first-order valence-corrected chi connectivity index (χ1v) is 7.96. The number of carbonyl (C=O) groups is 2. The van der Waals surface area contributed by atoms with Crippen LogP contribution < -0.4 is 15.4 Å². The fourth-order valence-corrected chi connectivity index (χ4v) is 2.82. The number of nitrogens with zero attached hydrogens (tertiary/aromatic N) is 1. The summed E-state index contributed by atoms with van der Waals surface area (Å²) in [4.78, 5) is 25.2. The second-order valence-corrected chi connectivity index (χ2v) is 5.84. The fraction of sp³-hybridized carbons (Fsp3) is 0.529. The maximum Gasteiger partial charge on any atom is 0.234 e. The topological polar surface area (TPSA) is 70.7 Å². The van der Waals surface area contributed by atoms with Crippen LogP contribution in [0.5, 0.6) is 5.75 Å². The Morgan fingerprint density at radius 2 is 1.96 bits per heavy atom. The van der Waals surface area contributed by atoms with E-state index in [9.17, 15) is 9.59 Å². The van der Waals surface area contributed by atoms with Crippen LogP contribution in [0.4, 0.5) is 0 Å². The summed E-state index contributed by atoms with van der Waals surface area (Å²) in [6.07, 6.45) is 1.78. The van der Waals surface area contributed by atoms with E-state index in [-0.39, 0.29) is 17.9 Å². The van der Waals surface area contributed by atoms with E-state index in [2.05, 4.69) is 15.5 Å². The number of amides is 2. The molecule has 0 bridgehead atoms. The first-order valence-electron chi connectivity index (χ1n) is 7.96. The zero-order valence-corrected chi connectivity index (χ0v) is 13.8. The third-order valence-corrected chi connectivity index (χ3v) is 4.03. The molecular weight excluding hydrogens is 294 g/mol. The molecule has 6 heteroatoms. The van der Waals surface area contributed by atoms with Crippen LogP contribution in [0.25, 0.3) is 0 Å². The Hall–Kier alpha value is -2.08. The Kier molecular flexibility index (Phi) is 6.40. The molecule has 2 rings (SSSR count). The molecule has 23 heavy (non-hydrogen) atoms. The maximum atomic E-state index is 12.1. The summed E-state index contributed by atoms with van der Waals surface area (Å²) in [5.41, 5.74) is 0.965. The summed E-state index contributed by atoms with van der Waals surface area (Å²) >= 11 is 0. The second-order valence-electron chi connectivity index (χ2n) is 5.84. The van der Waals surface area contributed by atoms with Crippen LogP contribution in [0.15, 0.2) is 24.3 Å². The molecule has 2 amide bonds. The van der Waals surface area contributed by atoms with Gasteiger partial charge in [0.15, 0.2) is 0 Å². The summed E-state index contributed by atoms with van der Waals surface area (Å²) in [5.74, 6) is 0.802. The predicted octanol–water partition coefficient (Wildman–Crippen LogP) is 0.912. The lowest BCUT2D eigenvalue weighted by Crippen LogP contribution is -2.46. The van der Waals surface area contributed by atoms with Gasteiger partial charge in [-0.3, -0.25) is 14.5 Å². The van der Waals surface area contributed by atoms with Crippen LogP contribution in [0.1, 0.15) is 25.3 Å². The molecule has 0 saturated carbocycles. The predicted molar refractivity (Wildman–Crippen MR) is 88.1 cm³/mol. The Labute approximate surface area is 137 Å². The van der Waals surface area contributed by atoms with Crippen LogP contribution >= 0.6 is 0 Å². The zero-order chi connectivity index (χ0) is 16.7. The average molecular weight is 319 g/mol. The van der Waals surface area contributed by atoms with Crippen LogP contribution in [0, 0.1) is 0 Å². The number of ether oxygens (including phenoxy) is 1. The molecule has 1 saturated heterocycles. The summed E-state index contributed by atoms with van der Waals surface area (Å²) in [6, 6.07) is 7.90. The molecule has 1 aliphatic heterocycles. The van der Waals surface area contributed by atoms with Crippen molar-refractivity contribution in [1.29, 1.82) is 0 Å². The van der Waals surface area contributed by atoms with E-state index in [1.54, 1.807) is 7.11 Å². The van der Waals surface area contributed by atoms with Crippen molar-refractivity contribution in [3.8, 4) is 5.75 Å². The molecule has 0 aromatic heterocycles. The van der Waals surface area contributed by atoms with Gasteiger partial charge in [0.05, 0.1) is 13.7 Å². The van der Waals surface area contributed by atoms with Gasteiger partial charge in [0, 0.05) is 38.2 Å². The number of methoxy groups -OCH3 is 1. The van der Waals surface area contributed by atoms with E-state index in [0.717, 1.165) is 37.2 Å². The van der Waals surface area contributed by atoms with Crippen molar-refractivity contribution in [2.75, 3.05) is 26.7 Å². The van der Waals surface area contributed by atoms with E-state index in [4.69, 9.17) is 4.74 Å². The number of nitrogens with one attached hydrogen (secondary N) is 2. The van der Waals surface area contributed by atoms with Gasteiger partial charge in [-0.2, -0.15) is 0 Å². The fourth-order valence-electron chi connectivity index (χ4n) is 2.82. The van der Waals surface area contributed by atoms with Crippen molar-refractivity contribution >= 4 is 11.8 Å². The number of benzene rings is 1. The molecule has 0 aliphatic carbocycles. The van der Waals surface area contributed by atoms with Gasteiger partial charge < -0.3 is 15.4 Å². The molecule has 126 valence electrons. The first kappa shape index (κ1) is 17.3. The highest BCUT2D eigenvalue weighted by Gasteiger charge is 2.21. The van der Waals surface area contributed by atoms with Gasteiger partial charge >= 0.3 is 0 Å². The van der Waals surface area contributed by atoms with E-state index in [0.29, 0.717) is 13.1 Å². The molecule has 1 aliphatic rings. The molecule has 0 unspecified atom stereocenters. The quantitative estimate of drug-likeness (QED) is 0.818. The van der Waals surface area contributed by atoms with E-state index in [1.807, 2.05) is 24.3 Å². The average Bonchev–Trinajstić information content (AvgIpc) is 2.54. The lowest BCUT2D eigenvalue weighted by molar-refractivity contribution is -0.123. The van der Waals surface area contributed by atoms with Crippen LogP contribution in [-0.2, 0) is 16.1 Å². The number of hydrogen-bond acceptors (Lipinski definition) is 4. The van der Waals surface area contributed by atoms with Crippen LogP contribution in [-0.4, -0.2) is 49.5 Å². The normalized spacial score (nSPS) is 15.9. The van der Waals surface area contributed by atoms with Gasteiger partial charge in [-0.25, -0.2) is 0 Å². The van der Waals surface area contributed by atoms with Gasteiger partial charge in [-0.1, -0.05) is 18.2 Å². The highest BCUT2D eigenvalue weighted by molar-refractivity contribution is 5.78. The van der Waals surface area contributed by atoms with Gasteiger partial charge in [-0.05, 0) is 18.9 Å². The van der Waals surface area contributed by atoms with E-state index in [1.165, 1.54) is 6.92 Å². The lowest BCUT2D eigenvalue weighted by atomic mass is 10.1. The Morgan fingerprint density at radius 1 is 1.26 bits per heavy atom. The molecule has 6 nitrogen and oxygen atoms in total.